The summed E-state index contributed by atoms with van der Waals surface area (Å²) in [7, 11) is -3.54. The maximum atomic E-state index is 13.2. The van der Waals surface area contributed by atoms with Crippen molar-refractivity contribution in [3.63, 3.8) is 0 Å². The number of ketones is 1. The highest BCUT2D eigenvalue weighted by Gasteiger charge is 2.26. The molecule has 0 saturated heterocycles. The lowest BCUT2D eigenvalue weighted by Crippen LogP contribution is -2.30. The Hall–Kier alpha value is -3.44. The van der Waals surface area contributed by atoms with E-state index in [2.05, 4.69) is 0 Å². The van der Waals surface area contributed by atoms with Crippen LogP contribution in [0.1, 0.15) is 16.8 Å². The fourth-order valence-corrected chi connectivity index (χ4v) is 4.82. The molecule has 0 N–H and O–H groups in total. The molecule has 4 aromatic carbocycles. The highest BCUT2D eigenvalue weighted by atomic mass is 32.2. The Morgan fingerprint density at radius 2 is 1.35 bits per heavy atom. The Kier molecular flexibility index (Phi) is 6.14. The van der Waals surface area contributed by atoms with E-state index >= 15 is 0 Å². The first-order valence-corrected chi connectivity index (χ1v) is 11.7. The topological polar surface area (TPSA) is 60.4 Å². The third-order valence-electron chi connectivity index (χ3n) is 5.12. The summed E-state index contributed by atoms with van der Waals surface area (Å²) in [6, 6.07) is 30.5. The van der Waals surface area contributed by atoms with Crippen molar-refractivity contribution >= 4 is 26.4 Å². The van der Waals surface area contributed by atoms with Crippen molar-refractivity contribution in [3.8, 4) is 5.75 Å². The number of carbonyl (C=O) groups is 1. The molecular formula is C26H22O4S. The lowest BCUT2D eigenvalue weighted by atomic mass is 10.0. The minimum absolute atomic E-state index is 0.0498. The smallest absolute Gasteiger partial charge is 0.203 e. The largest absolute Gasteiger partial charge is 0.482 e. The first-order chi connectivity index (χ1) is 15.0. The summed E-state index contributed by atoms with van der Waals surface area (Å²) in [5, 5.41) is 1.87. The molecule has 0 unspecified atom stereocenters. The number of carbonyl (C=O) groups excluding carboxylic acids is 1. The fraction of sp³-hybridized carbons (Fsp3) is 0.115. The molecule has 4 rings (SSSR count). The van der Waals surface area contributed by atoms with Crippen LogP contribution in [0.4, 0.5) is 0 Å². The maximum absolute atomic E-state index is 13.2. The number of hydrogen-bond donors (Lipinski definition) is 0. The summed E-state index contributed by atoms with van der Waals surface area (Å²) < 4.78 is 31.7. The predicted octanol–water partition coefficient (Wildman–Crippen LogP) is 5.33. The van der Waals surface area contributed by atoms with Gasteiger partial charge in [-0.25, -0.2) is 8.42 Å². The van der Waals surface area contributed by atoms with Gasteiger partial charge >= 0.3 is 0 Å². The van der Waals surface area contributed by atoms with Crippen molar-refractivity contribution in [2.45, 2.75) is 17.4 Å². The number of benzene rings is 4. The van der Waals surface area contributed by atoms with Crippen molar-refractivity contribution < 1.29 is 17.9 Å². The van der Waals surface area contributed by atoms with E-state index in [9.17, 15) is 13.2 Å². The minimum atomic E-state index is -3.54. The number of hydrogen-bond acceptors (Lipinski definition) is 4. The summed E-state index contributed by atoms with van der Waals surface area (Å²) in [4.78, 5) is 13.5. The number of fused-ring (bicyclic) bond motifs is 1. The van der Waals surface area contributed by atoms with Crippen LogP contribution in [0.15, 0.2) is 108 Å². The summed E-state index contributed by atoms with van der Waals surface area (Å²) in [6.07, 6.45) is -0.875. The van der Waals surface area contributed by atoms with Crippen molar-refractivity contribution in [3.05, 3.63) is 109 Å². The van der Waals surface area contributed by atoms with Crippen LogP contribution in [0.25, 0.3) is 10.8 Å². The van der Waals surface area contributed by atoms with Crippen LogP contribution in [0.3, 0.4) is 0 Å². The zero-order chi connectivity index (χ0) is 21.7. The fourth-order valence-electron chi connectivity index (χ4n) is 3.49. The molecule has 0 aromatic heterocycles. The molecule has 0 saturated carbocycles. The average Bonchev–Trinajstić information content (AvgIpc) is 2.82. The predicted molar refractivity (Wildman–Crippen MR) is 122 cm³/mol. The first-order valence-electron chi connectivity index (χ1n) is 10.1. The van der Waals surface area contributed by atoms with Gasteiger partial charge < -0.3 is 4.74 Å². The van der Waals surface area contributed by atoms with E-state index in [1.807, 2.05) is 42.5 Å². The zero-order valence-electron chi connectivity index (χ0n) is 16.8. The molecule has 0 spiro atoms. The van der Waals surface area contributed by atoms with Gasteiger partial charge in [0.05, 0.1) is 10.6 Å². The van der Waals surface area contributed by atoms with E-state index < -0.39 is 15.9 Å². The van der Waals surface area contributed by atoms with E-state index in [-0.39, 0.29) is 22.9 Å². The lowest BCUT2D eigenvalue weighted by Gasteiger charge is -2.19. The molecule has 0 fully saturated rings. The molecule has 0 aliphatic heterocycles. The van der Waals surface area contributed by atoms with Crippen molar-refractivity contribution in [2.75, 3.05) is 5.75 Å². The number of Topliss-reactive ketones (excluding diaryl/α,β-unsaturated/α-hetero) is 1. The Morgan fingerprint density at radius 3 is 2.10 bits per heavy atom. The average molecular weight is 431 g/mol. The van der Waals surface area contributed by atoms with Crippen LogP contribution in [-0.2, 0) is 9.84 Å². The van der Waals surface area contributed by atoms with Gasteiger partial charge in [-0.15, -0.1) is 0 Å². The van der Waals surface area contributed by atoms with Crippen LogP contribution < -0.4 is 4.74 Å². The number of sulfone groups is 1. The number of rotatable bonds is 8. The molecule has 0 amide bonds. The van der Waals surface area contributed by atoms with Crippen molar-refractivity contribution in [2.24, 2.45) is 0 Å². The van der Waals surface area contributed by atoms with Crippen LogP contribution >= 0.6 is 0 Å². The summed E-state index contributed by atoms with van der Waals surface area (Å²) in [5.41, 5.74) is 0.491. The molecule has 0 heterocycles. The van der Waals surface area contributed by atoms with Gasteiger partial charge in [0.2, 0.25) is 5.78 Å². The molecule has 0 bridgehead atoms. The minimum Gasteiger partial charge on any atom is -0.482 e. The molecule has 0 radical (unpaired) electrons. The molecule has 4 nitrogen and oxygen atoms in total. The summed E-state index contributed by atoms with van der Waals surface area (Å²) >= 11 is 0. The molecular weight excluding hydrogens is 408 g/mol. The van der Waals surface area contributed by atoms with Gasteiger partial charge in [-0.3, -0.25) is 4.79 Å². The van der Waals surface area contributed by atoms with Crippen LogP contribution in [0.5, 0.6) is 5.75 Å². The van der Waals surface area contributed by atoms with Gasteiger partial charge in [0.1, 0.15) is 5.75 Å². The third-order valence-corrected chi connectivity index (χ3v) is 6.88. The second kappa shape index (κ2) is 9.14. The standard InChI is InChI=1S/C26H22O4S/c27-26(21-11-3-1-4-12-21)25(18-19-31(28,29)22-14-5-2-6-15-22)30-24-17-9-13-20-10-7-8-16-23(20)24/h1-17,25H,18-19H2/t25-/m1/s1. The van der Waals surface area contributed by atoms with Crippen LogP contribution in [0, 0.1) is 0 Å². The Balaban J connectivity index is 1.64. The highest BCUT2D eigenvalue weighted by molar-refractivity contribution is 7.91. The molecule has 0 aliphatic carbocycles. The zero-order valence-corrected chi connectivity index (χ0v) is 17.7. The quantitative estimate of drug-likeness (QED) is 0.354. The molecule has 31 heavy (non-hydrogen) atoms. The van der Waals surface area contributed by atoms with E-state index in [0.29, 0.717) is 11.3 Å². The monoisotopic (exact) mass is 430 g/mol. The van der Waals surface area contributed by atoms with E-state index in [0.717, 1.165) is 10.8 Å². The number of ether oxygens (including phenoxy) is 1. The van der Waals surface area contributed by atoms with Gasteiger partial charge in [0.15, 0.2) is 15.9 Å². The summed E-state index contributed by atoms with van der Waals surface area (Å²) in [5.74, 6) is 0.131. The molecule has 0 aliphatic rings. The first kappa shape index (κ1) is 20.8. The lowest BCUT2D eigenvalue weighted by molar-refractivity contribution is 0.0790. The van der Waals surface area contributed by atoms with E-state index in [4.69, 9.17) is 4.74 Å². The normalized spacial score (nSPS) is 12.4. The van der Waals surface area contributed by atoms with Crippen molar-refractivity contribution in [1.29, 1.82) is 0 Å². The second-order valence-corrected chi connectivity index (χ2v) is 9.34. The summed E-state index contributed by atoms with van der Waals surface area (Å²) in [6.45, 7) is 0. The molecule has 5 heteroatoms. The Labute approximate surface area is 182 Å². The van der Waals surface area contributed by atoms with Gasteiger partial charge in [-0.05, 0) is 23.6 Å². The van der Waals surface area contributed by atoms with Gasteiger partial charge in [-0.2, -0.15) is 0 Å². The molecule has 1 atom stereocenters. The SMILES string of the molecule is O=C(c1ccccc1)[C@@H](CCS(=O)(=O)c1ccccc1)Oc1cccc2ccccc12. The Morgan fingerprint density at radius 1 is 0.742 bits per heavy atom. The van der Waals surface area contributed by atoms with Gasteiger partial charge in [0.25, 0.3) is 0 Å². The van der Waals surface area contributed by atoms with E-state index in [1.54, 1.807) is 60.7 Å². The Bertz CT molecular complexity index is 1280. The maximum Gasteiger partial charge on any atom is 0.203 e. The second-order valence-electron chi connectivity index (χ2n) is 7.23. The van der Waals surface area contributed by atoms with Crippen molar-refractivity contribution in [1.82, 2.24) is 0 Å². The highest BCUT2D eigenvalue weighted by Crippen LogP contribution is 2.27. The van der Waals surface area contributed by atoms with Gasteiger partial charge in [-0.1, -0.05) is 84.9 Å². The molecule has 156 valence electrons. The van der Waals surface area contributed by atoms with Gasteiger partial charge in [0, 0.05) is 17.4 Å². The molecule has 4 aromatic rings. The third kappa shape index (κ3) is 4.84. The van der Waals surface area contributed by atoms with E-state index in [1.165, 1.54) is 0 Å². The van der Waals surface area contributed by atoms with Crippen LogP contribution in [-0.4, -0.2) is 26.1 Å². The van der Waals surface area contributed by atoms with Crippen LogP contribution in [0.2, 0.25) is 0 Å².